The molecule has 1 amide bonds. The molecule has 0 aliphatic heterocycles. The maximum absolute atomic E-state index is 13.6. The minimum atomic E-state index is -4.69. The van der Waals surface area contributed by atoms with Crippen molar-refractivity contribution in [2.75, 3.05) is 5.32 Å². The molecule has 11 heteroatoms. The number of benzene rings is 3. The molecule has 0 radical (unpaired) electrons. The number of rotatable bonds is 5. The van der Waals surface area contributed by atoms with E-state index in [1.54, 1.807) is 34.7 Å². The number of hydrogen-bond acceptors (Lipinski definition) is 4. The summed E-state index contributed by atoms with van der Waals surface area (Å²) in [4.78, 5) is 17.8. The molecule has 3 aromatic carbocycles. The van der Waals surface area contributed by atoms with Crippen LogP contribution in [0, 0.1) is 0 Å². The minimum absolute atomic E-state index is 0.0785. The van der Waals surface area contributed by atoms with Crippen LogP contribution in [0.5, 0.6) is 0 Å². The van der Waals surface area contributed by atoms with Gasteiger partial charge in [0.1, 0.15) is 5.25 Å². The predicted octanol–water partition coefficient (Wildman–Crippen LogP) is 6.35. The number of aromatic nitrogens is 4. The summed E-state index contributed by atoms with van der Waals surface area (Å²) in [6.07, 6.45) is -4.69. The minimum Gasteiger partial charge on any atom is -0.324 e. The molecule has 0 aliphatic rings. The molecule has 5 aromatic rings. The molecule has 0 aliphatic carbocycles. The fourth-order valence-corrected chi connectivity index (χ4v) is 4.82. The van der Waals surface area contributed by atoms with Gasteiger partial charge in [-0.1, -0.05) is 65.8 Å². The van der Waals surface area contributed by atoms with Crippen molar-refractivity contribution < 1.29 is 18.0 Å². The van der Waals surface area contributed by atoms with E-state index in [9.17, 15) is 18.0 Å². The predicted molar refractivity (Wildman–Crippen MR) is 125 cm³/mol. The summed E-state index contributed by atoms with van der Waals surface area (Å²) in [6, 6.07) is 19.5. The Morgan fingerprint density at radius 3 is 2.56 bits per heavy atom. The molecule has 0 bridgehead atoms. The second-order valence-electron chi connectivity index (χ2n) is 7.35. The first-order chi connectivity index (χ1) is 16.3. The Bertz CT molecular complexity index is 1500. The molecule has 2 aromatic heterocycles. The Morgan fingerprint density at radius 1 is 1.06 bits per heavy atom. The van der Waals surface area contributed by atoms with Gasteiger partial charge in [-0.05, 0) is 35.9 Å². The van der Waals surface area contributed by atoms with Crippen LogP contribution in [0.3, 0.4) is 0 Å². The second-order valence-corrected chi connectivity index (χ2v) is 8.86. The summed E-state index contributed by atoms with van der Waals surface area (Å²) in [7, 11) is 0. The first-order valence-corrected chi connectivity index (χ1v) is 11.3. The van der Waals surface area contributed by atoms with Crippen LogP contribution >= 0.6 is 23.4 Å². The fraction of sp³-hybridized carbons (Fsp3) is 0.0870. The molecular formula is C23H15ClF3N5OS. The Balaban J connectivity index is 1.54. The van der Waals surface area contributed by atoms with Crippen LogP contribution in [-0.2, 0) is 11.0 Å². The lowest BCUT2D eigenvalue weighted by atomic mass is 10.1. The smallest absolute Gasteiger partial charge is 0.324 e. The molecule has 0 saturated heterocycles. The summed E-state index contributed by atoms with van der Waals surface area (Å²) in [5, 5.41) is 9.04. The molecule has 6 nitrogen and oxygen atoms in total. The lowest BCUT2D eigenvalue weighted by Gasteiger charge is -2.19. The third kappa shape index (κ3) is 4.22. The summed E-state index contributed by atoms with van der Waals surface area (Å²) < 4.78 is 42.4. The van der Waals surface area contributed by atoms with Crippen molar-refractivity contribution in [1.29, 1.82) is 0 Å². The van der Waals surface area contributed by atoms with Crippen LogP contribution in [0.4, 0.5) is 18.9 Å². The van der Waals surface area contributed by atoms with E-state index in [1.165, 1.54) is 6.07 Å². The van der Waals surface area contributed by atoms with Gasteiger partial charge in [0.15, 0.2) is 5.16 Å². The van der Waals surface area contributed by atoms with Gasteiger partial charge >= 0.3 is 6.18 Å². The normalized spacial score (nSPS) is 12.8. The number of H-pyrrole nitrogens is 1. The number of para-hydroxylation sites is 2. The van der Waals surface area contributed by atoms with E-state index in [4.69, 9.17) is 11.6 Å². The average Bonchev–Trinajstić information content (AvgIpc) is 3.38. The molecule has 0 unspecified atom stereocenters. The van der Waals surface area contributed by atoms with Crippen LogP contribution in [-0.4, -0.2) is 25.5 Å². The number of imidazole rings is 1. The zero-order valence-corrected chi connectivity index (χ0v) is 18.7. The van der Waals surface area contributed by atoms with Gasteiger partial charge < -0.3 is 5.32 Å². The summed E-state index contributed by atoms with van der Waals surface area (Å²) in [6.45, 7) is 0. The number of alkyl halides is 3. The van der Waals surface area contributed by atoms with Gasteiger partial charge in [0.05, 0.1) is 22.3 Å². The topological polar surface area (TPSA) is 75.1 Å². The van der Waals surface area contributed by atoms with Crippen molar-refractivity contribution in [2.24, 2.45) is 0 Å². The van der Waals surface area contributed by atoms with Crippen molar-refractivity contribution in [2.45, 2.75) is 16.6 Å². The lowest BCUT2D eigenvalue weighted by Crippen LogP contribution is -2.21. The monoisotopic (exact) mass is 501 g/mol. The van der Waals surface area contributed by atoms with Gasteiger partial charge in [-0.3, -0.25) is 9.20 Å². The molecule has 34 heavy (non-hydrogen) atoms. The Labute approximate surface area is 200 Å². The molecular weight excluding hydrogens is 487 g/mol. The maximum Gasteiger partial charge on any atom is 0.418 e. The highest BCUT2D eigenvalue weighted by molar-refractivity contribution is 8.00. The number of aromatic amines is 1. The molecule has 2 N–H and O–H groups in total. The average molecular weight is 502 g/mol. The quantitative estimate of drug-likeness (QED) is 0.275. The van der Waals surface area contributed by atoms with Crippen LogP contribution in [0.15, 0.2) is 78.0 Å². The van der Waals surface area contributed by atoms with E-state index in [0.29, 0.717) is 16.5 Å². The lowest BCUT2D eigenvalue weighted by molar-refractivity contribution is -0.137. The molecule has 0 saturated carbocycles. The van der Waals surface area contributed by atoms with Gasteiger partial charge in [-0.25, -0.2) is 10.1 Å². The number of carbonyl (C=O) groups is 1. The zero-order chi connectivity index (χ0) is 23.9. The van der Waals surface area contributed by atoms with Crippen LogP contribution < -0.4 is 5.32 Å². The third-order valence-electron chi connectivity index (χ3n) is 5.11. The number of amides is 1. The molecule has 0 spiro atoms. The summed E-state index contributed by atoms with van der Waals surface area (Å²) in [5.74, 6) is -0.141. The largest absolute Gasteiger partial charge is 0.418 e. The molecule has 2 heterocycles. The molecule has 1 atom stereocenters. The number of nitrogens with one attached hydrogen (secondary N) is 2. The second kappa shape index (κ2) is 8.69. The number of fused-ring (bicyclic) bond motifs is 3. The van der Waals surface area contributed by atoms with Crippen molar-refractivity contribution >= 4 is 51.8 Å². The Hall–Kier alpha value is -3.50. The van der Waals surface area contributed by atoms with E-state index in [1.807, 2.05) is 24.3 Å². The van der Waals surface area contributed by atoms with E-state index in [2.05, 4.69) is 20.5 Å². The first-order valence-electron chi connectivity index (χ1n) is 10.0. The van der Waals surface area contributed by atoms with Gasteiger partial charge in [0.2, 0.25) is 11.7 Å². The third-order valence-corrected chi connectivity index (χ3v) is 6.55. The van der Waals surface area contributed by atoms with Crippen LogP contribution in [0.2, 0.25) is 5.02 Å². The number of anilines is 1. The highest BCUT2D eigenvalue weighted by Gasteiger charge is 2.35. The van der Waals surface area contributed by atoms with Crippen molar-refractivity contribution in [3.63, 3.8) is 0 Å². The Kier molecular flexibility index (Phi) is 5.70. The van der Waals surface area contributed by atoms with Crippen molar-refractivity contribution in [3.05, 3.63) is 88.9 Å². The standard InChI is InChI=1S/C23H15ClF3N5OS/c24-14-10-11-16(15(12-14)23(25,26)27)28-20(33)19(13-6-2-1-3-7-13)34-22-31-30-21-29-17-8-4-5-9-18(17)32(21)22/h1-12,19H,(H,28,33)(H,29,30)/t19-/m0/s1. The Morgan fingerprint density at radius 2 is 1.79 bits per heavy atom. The zero-order valence-electron chi connectivity index (χ0n) is 17.2. The van der Waals surface area contributed by atoms with E-state index in [0.717, 1.165) is 34.9 Å². The number of thioether (sulfide) groups is 1. The summed E-state index contributed by atoms with van der Waals surface area (Å²) >= 11 is 6.87. The SMILES string of the molecule is O=C(Nc1ccc(Cl)cc1C(F)(F)F)[C@@H](Sc1n[nH]c2nc3ccccc3n12)c1ccccc1. The van der Waals surface area contributed by atoms with Gasteiger partial charge in [0, 0.05) is 5.02 Å². The first kappa shape index (κ1) is 22.3. The number of nitrogens with zero attached hydrogens (tertiary/aromatic N) is 3. The fourth-order valence-electron chi connectivity index (χ4n) is 3.59. The number of hydrogen-bond donors (Lipinski definition) is 2. The molecule has 0 fully saturated rings. The van der Waals surface area contributed by atoms with Crippen molar-refractivity contribution in [1.82, 2.24) is 19.6 Å². The number of carbonyl (C=O) groups excluding carboxylic acids is 1. The van der Waals surface area contributed by atoms with Crippen LogP contribution in [0.25, 0.3) is 16.8 Å². The highest BCUT2D eigenvalue weighted by Crippen LogP contribution is 2.39. The van der Waals surface area contributed by atoms with Gasteiger partial charge in [-0.2, -0.15) is 13.2 Å². The van der Waals surface area contributed by atoms with E-state index in [-0.39, 0.29) is 10.7 Å². The van der Waals surface area contributed by atoms with Gasteiger partial charge in [-0.15, -0.1) is 5.10 Å². The number of halogens is 4. The highest BCUT2D eigenvalue weighted by atomic mass is 35.5. The van der Waals surface area contributed by atoms with Crippen LogP contribution in [0.1, 0.15) is 16.4 Å². The molecule has 172 valence electrons. The van der Waals surface area contributed by atoms with E-state index < -0.39 is 22.9 Å². The van der Waals surface area contributed by atoms with E-state index >= 15 is 0 Å². The maximum atomic E-state index is 13.6. The van der Waals surface area contributed by atoms with Crippen molar-refractivity contribution in [3.8, 4) is 0 Å². The summed E-state index contributed by atoms with van der Waals surface area (Å²) in [5.41, 5.74) is 0.748. The van der Waals surface area contributed by atoms with Gasteiger partial charge in [0.25, 0.3) is 0 Å². The molecule has 5 rings (SSSR count).